The van der Waals surface area contributed by atoms with Gasteiger partial charge in [-0.05, 0) is 44.0 Å². The highest BCUT2D eigenvalue weighted by Crippen LogP contribution is 2.23. The zero-order valence-corrected chi connectivity index (χ0v) is 13.5. The number of piperidine rings is 1. The van der Waals surface area contributed by atoms with Crippen LogP contribution in [0.15, 0.2) is 30.5 Å². The van der Waals surface area contributed by atoms with Gasteiger partial charge in [0.05, 0.1) is 11.3 Å². The lowest BCUT2D eigenvalue weighted by Gasteiger charge is -2.38. The normalized spacial score (nSPS) is 17.6. The molecule has 2 aromatic rings. The van der Waals surface area contributed by atoms with Gasteiger partial charge in [-0.3, -0.25) is 0 Å². The number of anilines is 2. The molecule has 2 aromatic heterocycles. The minimum atomic E-state index is 0.368. The summed E-state index contributed by atoms with van der Waals surface area (Å²) in [6.45, 7) is 3.85. The molecule has 6 heteroatoms. The molecule has 1 saturated heterocycles. The fourth-order valence-corrected chi connectivity index (χ4v) is 2.89. The number of aromatic nitrogens is 3. The van der Waals surface area contributed by atoms with E-state index in [0.29, 0.717) is 11.6 Å². The summed E-state index contributed by atoms with van der Waals surface area (Å²) in [6, 6.07) is 10.2. The maximum Gasteiger partial charge on any atom is 0.151 e. The first-order valence-electron chi connectivity index (χ1n) is 7.81. The van der Waals surface area contributed by atoms with Crippen molar-refractivity contribution in [3.63, 3.8) is 0 Å². The molecular weight excluding hydrogens is 288 g/mol. The van der Waals surface area contributed by atoms with Crippen molar-refractivity contribution in [3.8, 4) is 6.07 Å². The molecular formula is C17H20N6. The number of nitriles is 1. The highest BCUT2D eigenvalue weighted by Gasteiger charge is 2.25. The van der Waals surface area contributed by atoms with Crippen LogP contribution in [0.2, 0.25) is 0 Å². The summed E-state index contributed by atoms with van der Waals surface area (Å²) in [5, 5.41) is 17.3. The summed E-state index contributed by atoms with van der Waals surface area (Å²) >= 11 is 0. The molecule has 0 saturated carbocycles. The molecule has 0 N–H and O–H groups in total. The Labute approximate surface area is 136 Å². The predicted octanol–water partition coefficient (Wildman–Crippen LogP) is 2.16. The van der Waals surface area contributed by atoms with E-state index in [2.05, 4.69) is 38.1 Å². The lowest BCUT2D eigenvalue weighted by Crippen LogP contribution is -2.47. The van der Waals surface area contributed by atoms with E-state index >= 15 is 0 Å². The molecule has 118 valence electrons. The van der Waals surface area contributed by atoms with Gasteiger partial charge >= 0.3 is 0 Å². The Hall–Kier alpha value is -2.68. The van der Waals surface area contributed by atoms with Crippen LogP contribution in [0.5, 0.6) is 0 Å². The summed E-state index contributed by atoms with van der Waals surface area (Å²) < 4.78 is 0. The van der Waals surface area contributed by atoms with E-state index in [1.807, 2.05) is 31.2 Å². The molecule has 0 radical (unpaired) electrons. The van der Waals surface area contributed by atoms with Gasteiger partial charge in [-0.2, -0.15) is 10.4 Å². The second-order valence-corrected chi connectivity index (χ2v) is 5.90. The van der Waals surface area contributed by atoms with E-state index in [9.17, 15) is 0 Å². The summed E-state index contributed by atoms with van der Waals surface area (Å²) in [7, 11) is 2.06. The van der Waals surface area contributed by atoms with Gasteiger partial charge in [0.2, 0.25) is 0 Å². The van der Waals surface area contributed by atoms with Gasteiger partial charge in [0.1, 0.15) is 11.9 Å². The number of rotatable bonds is 3. The quantitative estimate of drug-likeness (QED) is 0.865. The Bertz CT molecular complexity index is 689. The number of likely N-dealkylation sites (N-methyl/N-ethyl adjacent to an activating group) is 1. The van der Waals surface area contributed by atoms with E-state index < -0.39 is 0 Å². The topological polar surface area (TPSA) is 68.9 Å². The van der Waals surface area contributed by atoms with Crippen LogP contribution in [0.4, 0.5) is 11.6 Å². The lowest BCUT2D eigenvalue weighted by atomic mass is 10.0. The van der Waals surface area contributed by atoms with Gasteiger partial charge in [0, 0.05) is 32.4 Å². The van der Waals surface area contributed by atoms with Crippen LogP contribution in [-0.2, 0) is 0 Å². The molecule has 1 atom stereocenters. The highest BCUT2D eigenvalue weighted by molar-refractivity contribution is 5.44. The third-order valence-electron chi connectivity index (χ3n) is 4.29. The number of pyridine rings is 1. The van der Waals surface area contributed by atoms with E-state index in [4.69, 9.17) is 5.26 Å². The molecule has 1 aliphatic rings. The summed E-state index contributed by atoms with van der Waals surface area (Å²) in [4.78, 5) is 8.86. The minimum absolute atomic E-state index is 0.368. The Morgan fingerprint density at radius 3 is 2.78 bits per heavy atom. The molecule has 3 heterocycles. The van der Waals surface area contributed by atoms with Crippen molar-refractivity contribution in [2.45, 2.75) is 25.8 Å². The van der Waals surface area contributed by atoms with Crippen molar-refractivity contribution in [1.29, 1.82) is 5.26 Å². The van der Waals surface area contributed by atoms with Crippen molar-refractivity contribution >= 4 is 11.6 Å². The maximum absolute atomic E-state index is 8.87. The van der Waals surface area contributed by atoms with Crippen LogP contribution in [0.25, 0.3) is 0 Å². The molecule has 0 spiro atoms. The molecule has 3 rings (SSSR count). The van der Waals surface area contributed by atoms with Gasteiger partial charge in [0.25, 0.3) is 0 Å². The molecule has 6 nitrogen and oxygen atoms in total. The minimum Gasteiger partial charge on any atom is -0.355 e. The Balaban J connectivity index is 1.72. The van der Waals surface area contributed by atoms with E-state index in [1.54, 1.807) is 6.20 Å². The second kappa shape index (κ2) is 6.61. The third-order valence-corrected chi connectivity index (χ3v) is 4.29. The van der Waals surface area contributed by atoms with Crippen molar-refractivity contribution in [1.82, 2.24) is 15.2 Å². The van der Waals surface area contributed by atoms with Gasteiger partial charge in [0.15, 0.2) is 5.82 Å². The van der Waals surface area contributed by atoms with Crippen LogP contribution in [0.1, 0.15) is 24.1 Å². The van der Waals surface area contributed by atoms with Crippen LogP contribution in [0, 0.1) is 18.3 Å². The monoisotopic (exact) mass is 308 g/mol. The summed E-state index contributed by atoms with van der Waals surface area (Å²) in [5.41, 5.74) is 1.52. The van der Waals surface area contributed by atoms with E-state index in [0.717, 1.165) is 43.3 Å². The van der Waals surface area contributed by atoms with Gasteiger partial charge in [-0.25, -0.2) is 4.98 Å². The Kier molecular flexibility index (Phi) is 4.38. The Morgan fingerprint density at radius 1 is 1.26 bits per heavy atom. The molecule has 0 aromatic carbocycles. The van der Waals surface area contributed by atoms with Gasteiger partial charge in [-0.1, -0.05) is 0 Å². The van der Waals surface area contributed by atoms with Crippen molar-refractivity contribution in [2.75, 3.05) is 29.9 Å². The summed E-state index contributed by atoms with van der Waals surface area (Å²) in [5.74, 6) is 1.83. The zero-order valence-electron chi connectivity index (χ0n) is 13.5. The first-order chi connectivity index (χ1) is 11.2. The van der Waals surface area contributed by atoms with Crippen LogP contribution in [0.3, 0.4) is 0 Å². The number of nitrogens with zero attached hydrogens (tertiary/aromatic N) is 6. The molecule has 23 heavy (non-hydrogen) atoms. The average molecular weight is 308 g/mol. The predicted molar refractivity (Wildman–Crippen MR) is 89.4 cm³/mol. The molecule has 0 bridgehead atoms. The van der Waals surface area contributed by atoms with Gasteiger partial charge in [-0.15, -0.1) is 5.10 Å². The number of hydrogen-bond donors (Lipinski definition) is 0. The number of hydrogen-bond acceptors (Lipinski definition) is 6. The smallest absolute Gasteiger partial charge is 0.151 e. The maximum atomic E-state index is 8.87. The molecule has 1 aliphatic heterocycles. The van der Waals surface area contributed by atoms with Crippen LogP contribution in [-0.4, -0.2) is 41.4 Å². The first kappa shape index (κ1) is 15.2. The lowest BCUT2D eigenvalue weighted by molar-refractivity contribution is 0.482. The number of aryl methyl sites for hydroxylation is 1. The standard InChI is InChI=1S/C17H20N6/c1-13-5-7-17(21-20-13)23-9-3-4-15(12-23)22(2)16-8-6-14(10-18)11-19-16/h5-8,11,15H,3-4,9,12H2,1-2H3/t15-/m0/s1. The fourth-order valence-electron chi connectivity index (χ4n) is 2.89. The molecule has 0 unspecified atom stereocenters. The van der Waals surface area contributed by atoms with Gasteiger partial charge < -0.3 is 9.80 Å². The van der Waals surface area contributed by atoms with Crippen molar-refractivity contribution in [2.24, 2.45) is 0 Å². The SMILES string of the molecule is Cc1ccc(N2CCC[C@H](N(C)c3ccc(C#N)cn3)C2)nn1. The van der Waals surface area contributed by atoms with Crippen molar-refractivity contribution < 1.29 is 0 Å². The Morgan fingerprint density at radius 2 is 2.13 bits per heavy atom. The van der Waals surface area contributed by atoms with Crippen molar-refractivity contribution in [3.05, 3.63) is 41.7 Å². The largest absolute Gasteiger partial charge is 0.355 e. The van der Waals surface area contributed by atoms with Crippen LogP contribution >= 0.6 is 0 Å². The molecule has 1 fully saturated rings. The first-order valence-corrected chi connectivity index (χ1v) is 7.81. The highest BCUT2D eigenvalue weighted by atomic mass is 15.3. The second-order valence-electron chi connectivity index (χ2n) is 5.90. The third kappa shape index (κ3) is 3.39. The van der Waals surface area contributed by atoms with E-state index in [1.165, 1.54) is 0 Å². The average Bonchev–Trinajstić information content (AvgIpc) is 2.62. The zero-order chi connectivity index (χ0) is 16.2. The fraction of sp³-hybridized carbons (Fsp3) is 0.412. The van der Waals surface area contributed by atoms with Crippen LogP contribution < -0.4 is 9.80 Å². The summed E-state index contributed by atoms with van der Waals surface area (Å²) in [6.07, 6.45) is 3.85. The van der Waals surface area contributed by atoms with E-state index in [-0.39, 0.29) is 0 Å². The molecule has 0 amide bonds. The molecule has 0 aliphatic carbocycles.